The molecule has 72 valence electrons. The molecule has 1 rings (SSSR count). The van der Waals surface area contributed by atoms with E-state index < -0.39 is 30.7 Å². The van der Waals surface area contributed by atoms with Crippen LogP contribution >= 0.6 is 0 Å². The van der Waals surface area contributed by atoms with Crippen molar-refractivity contribution in [2.45, 2.75) is 37.6 Å². The van der Waals surface area contributed by atoms with Crippen LogP contribution in [0.4, 0.5) is 0 Å². The van der Waals surface area contributed by atoms with Gasteiger partial charge in [0, 0.05) is 7.11 Å². The first-order chi connectivity index (χ1) is 5.57. The number of hydrogen-bond donors (Lipinski definition) is 3. The summed E-state index contributed by atoms with van der Waals surface area (Å²) < 4.78 is 9.80. The summed E-state index contributed by atoms with van der Waals surface area (Å²) in [5, 5.41) is 27.8. The molecule has 3 N–H and O–H groups in total. The van der Waals surface area contributed by atoms with E-state index in [0.717, 1.165) is 0 Å². The lowest BCUT2D eigenvalue weighted by molar-refractivity contribution is -0.286. The second-order valence-electron chi connectivity index (χ2n) is 2.92. The highest BCUT2D eigenvalue weighted by atomic mass is 16.7. The highest BCUT2D eigenvalue weighted by Crippen LogP contribution is 2.20. The van der Waals surface area contributed by atoms with Gasteiger partial charge in [-0.15, -0.1) is 0 Å². The van der Waals surface area contributed by atoms with Crippen LogP contribution in [0.25, 0.3) is 0 Å². The van der Waals surface area contributed by atoms with Crippen molar-refractivity contribution in [3.8, 4) is 0 Å². The van der Waals surface area contributed by atoms with Gasteiger partial charge < -0.3 is 24.8 Å². The van der Waals surface area contributed by atoms with Gasteiger partial charge in [-0.3, -0.25) is 0 Å². The molecule has 0 aliphatic carbocycles. The van der Waals surface area contributed by atoms with Crippen LogP contribution in [0.1, 0.15) is 6.92 Å². The summed E-state index contributed by atoms with van der Waals surface area (Å²) in [4.78, 5) is 0. The monoisotopic (exact) mass is 178 g/mol. The quantitative estimate of drug-likeness (QED) is 0.453. The average Bonchev–Trinajstić information content (AvgIpc) is 2.08. The topological polar surface area (TPSA) is 79.2 Å². The molecule has 0 aromatic carbocycles. The average molecular weight is 178 g/mol. The van der Waals surface area contributed by atoms with Gasteiger partial charge in [0.15, 0.2) is 6.29 Å². The maximum absolute atomic E-state index is 9.27. The lowest BCUT2D eigenvalue weighted by Crippen LogP contribution is -2.57. The molecule has 5 atom stereocenters. The molecular weight excluding hydrogens is 164 g/mol. The molecule has 1 fully saturated rings. The molecule has 1 heterocycles. The molecular formula is C7H14O5. The minimum Gasteiger partial charge on any atom is -0.388 e. The Morgan fingerprint density at radius 2 is 1.67 bits per heavy atom. The lowest BCUT2D eigenvalue weighted by Gasteiger charge is -2.38. The highest BCUT2D eigenvalue weighted by Gasteiger charge is 2.41. The van der Waals surface area contributed by atoms with E-state index in [0.29, 0.717) is 0 Å². The van der Waals surface area contributed by atoms with Gasteiger partial charge in [0.25, 0.3) is 0 Å². The zero-order chi connectivity index (χ0) is 9.30. The molecule has 0 aromatic heterocycles. The molecule has 0 bridgehead atoms. The van der Waals surface area contributed by atoms with Crippen LogP contribution in [0, 0.1) is 0 Å². The van der Waals surface area contributed by atoms with Crippen LogP contribution in [-0.2, 0) is 9.47 Å². The van der Waals surface area contributed by atoms with E-state index in [2.05, 4.69) is 0 Å². The molecule has 0 aromatic rings. The smallest absolute Gasteiger partial charge is 0.186 e. The molecule has 1 saturated heterocycles. The first-order valence-corrected chi connectivity index (χ1v) is 3.80. The summed E-state index contributed by atoms with van der Waals surface area (Å²) in [5.74, 6) is 0. The van der Waals surface area contributed by atoms with Gasteiger partial charge >= 0.3 is 0 Å². The zero-order valence-corrected chi connectivity index (χ0v) is 7.04. The minimum absolute atomic E-state index is 0.534. The summed E-state index contributed by atoms with van der Waals surface area (Å²) >= 11 is 0. The van der Waals surface area contributed by atoms with Gasteiger partial charge in [-0.25, -0.2) is 0 Å². The van der Waals surface area contributed by atoms with Crippen molar-refractivity contribution in [3.05, 3.63) is 0 Å². The predicted octanol–water partition coefficient (Wildman–Crippen LogP) is -1.54. The largest absolute Gasteiger partial charge is 0.388 e. The fourth-order valence-corrected chi connectivity index (χ4v) is 1.21. The molecule has 0 spiro atoms. The van der Waals surface area contributed by atoms with E-state index in [1.165, 1.54) is 7.11 Å². The number of hydrogen-bond acceptors (Lipinski definition) is 5. The van der Waals surface area contributed by atoms with E-state index in [-0.39, 0.29) is 0 Å². The predicted molar refractivity (Wildman–Crippen MR) is 39.4 cm³/mol. The van der Waals surface area contributed by atoms with Crippen molar-refractivity contribution in [1.29, 1.82) is 0 Å². The lowest BCUT2D eigenvalue weighted by atomic mass is 10.0. The molecule has 3 unspecified atom stereocenters. The standard InChI is InChI=1S/C7H14O5/c1-3-4(8)5(9)6(10)7(11-2)12-3/h3-10H,1-2H3/t3?,4-,5?,6+,7?/m1/s1. The summed E-state index contributed by atoms with van der Waals surface area (Å²) in [5.41, 5.74) is 0. The molecule has 1 aliphatic heterocycles. The van der Waals surface area contributed by atoms with Crippen LogP contribution in [-0.4, -0.2) is 53.1 Å². The Morgan fingerprint density at radius 3 is 2.17 bits per heavy atom. The van der Waals surface area contributed by atoms with Gasteiger partial charge in [0.1, 0.15) is 18.3 Å². The number of ether oxygens (including phenoxy) is 2. The van der Waals surface area contributed by atoms with E-state index in [4.69, 9.17) is 9.47 Å². The number of aliphatic hydroxyl groups is 3. The third-order valence-corrected chi connectivity index (χ3v) is 2.04. The van der Waals surface area contributed by atoms with Crippen molar-refractivity contribution in [2.24, 2.45) is 0 Å². The number of rotatable bonds is 1. The number of aliphatic hydroxyl groups excluding tert-OH is 3. The maximum Gasteiger partial charge on any atom is 0.186 e. The van der Waals surface area contributed by atoms with Crippen molar-refractivity contribution >= 4 is 0 Å². The van der Waals surface area contributed by atoms with Gasteiger partial charge in [0.05, 0.1) is 6.10 Å². The molecule has 0 saturated carbocycles. The molecule has 1 aliphatic rings. The van der Waals surface area contributed by atoms with Crippen molar-refractivity contribution in [2.75, 3.05) is 7.11 Å². The summed E-state index contributed by atoms with van der Waals surface area (Å²) in [7, 11) is 1.37. The second-order valence-corrected chi connectivity index (χ2v) is 2.92. The Hall–Kier alpha value is -0.200. The summed E-state index contributed by atoms with van der Waals surface area (Å²) in [6, 6.07) is 0. The van der Waals surface area contributed by atoms with Crippen molar-refractivity contribution in [1.82, 2.24) is 0 Å². The Kier molecular flexibility index (Phi) is 3.03. The van der Waals surface area contributed by atoms with Crippen LogP contribution in [0.3, 0.4) is 0 Å². The highest BCUT2D eigenvalue weighted by molar-refractivity contribution is 4.86. The Morgan fingerprint density at radius 1 is 1.08 bits per heavy atom. The molecule has 5 nitrogen and oxygen atoms in total. The van der Waals surface area contributed by atoms with Gasteiger partial charge in [0.2, 0.25) is 0 Å². The zero-order valence-electron chi connectivity index (χ0n) is 7.04. The van der Waals surface area contributed by atoms with E-state index in [9.17, 15) is 15.3 Å². The van der Waals surface area contributed by atoms with E-state index in [1.807, 2.05) is 0 Å². The van der Waals surface area contributed by atoms with Crippen molar-refractivity contribution < 1.29 is 24.8 Å². The third kappa shape index (κ3) is 1.60. The first kappa shape index (κ1) is 9.88. The number of methoxy groups -OCH3 is 1. The summed E-state index contributed by atoms with van der Waals surface area (Å²) in [6.07, 6.45) is -4.86. The van der Waals surface area contributed by atoms with Crippen molar-refractivity contribution in [3.63, 3.8) is 0 Å². The van der Waals surface area contributed by atoms with Crippen LogP contribution < -0.4 is 0 Å². The van der Waals surface area contributed by atoms with E-state index >= 15 is 0 Å². The van der Waals surface area contributed by atoms with Gasteiger partial charge in [-0.05, 0) is 6.92 Å². The molecule has 0 radical (unpaired) electrons. The molecule has 5 heteroatoms. The normalized spacial score (nSPS) is 49.2. The van der Waals surface area contributed by atoms with Gasteiger partial charge in [-0.2, -0.15) is 0 Å². The van der Waals surface area contributed by atoms with Gasteiger partial charge in [-0.1, -0.05) is 0 Å². The maximum atomic E-state index is 9.27. The summed E-state index contributed by atoms with van der Waals surface area (Å²) in [6.45, 7) is 1.60. The minimum atomic E-state index is -1.21. The van der Waals surface area contributed by atoms with Crippen LogP contribution in [0.15, 0.2) is 0 Å². The van der Waals surface area contributed by atoms with Crippen LogP contribution in [0.5, 0.6) is 0 Å². The third-order valence-electron chi connectivity index (χ3n) is 2.04. The SMILES string of the molecule is COC1OC(C)[C@@H](O)C(O)[C@@H]1O. The van der Waals surface area contributed by atoms with E-state index in [1.54, 1.807) is 6.92 Å². The fourth-order valence-electron chi connectivity index (χ4n) is 1.21. The van der Waals surface area contributed by atoms with Crippen LogP contribution in [0.2, 0.25) is 0 Å². The molecule has 0 amide bonds. The first-order valence-electron chi connectivity index (χ1n) is 3.80. The molecule has 12 heavy (non-hydrogen) atoms. The Labute approximate surface area is 70.5 Å². The second kappa shape index (κ2) is 3.68. The Bertz CT molecular complexity index is 146. The fraction of sp³-hybridized carbons (Fsp3) is 1.00. The Balaban J connectivity index is 2.63.